The summed E-state index contributed by atoms with van der Waals surface area (Å²) in [6.07, 6.45) is 7.44. The number of unbranched alkanes of at least 4 members (excludes halogenated alkanes) is 1. The van der Waals surface area contributed by atoms with Crippen LogP contribution < -0.4 is 0 Å². The maximum absolute atomic E-state index is 3.78. The second kappa shape index (κ2) is 9.58. The molecule has 1 atom stereocenters. The third-order valence-electron chi connectivity index (χ3n) is 1.12. The van der Waals surface area contributed by atoms with E-state index < -0.39 is 0 Å². The molecule has 0 aliphatic rings. The molecule has 0 N–H and O–H groups in total. The van der Waals surface area contributed by atoms with Crippen LogP contribution in [0.25, 0.3) is 0 Å². The van der Waals surface area contributed by atoms with E-state index in [-0.39, 0.29) is 0 Å². The highest BCUT2D eigenvalue weighted by Gasteiger charge is 1.68. The molecule has 1 rings (SSSR count). The highest BCUT2D eigenvalue weighted by molar-refractivity contribution is 7.16. The summed E-state index contributed by atoms with van der Waals surface area (Å²) in [7, 11) is 2.70. The van der Waals surface area contributed by atoms with Gasteiger partial charge in [0.1, 0.15) is 0 Å². The van der Waals surface area contributed by atoms with Crippen molar-refractivity contribution in [2.75, 3.05) is 6.16 Å². The van der Waals surface area contributed by atoms with E-state index in [4.69, 9.17) is 0 Å². The molecule has 0 aliphatic carbocycles. The lowest BCUT2D eigenvalue weighted by Crippen LogP contribution is -1.64. The zero-order chi connectivity index (χ0) is 8.36. The lowest BCUT2D eigenvalue weighted by Gasteiger charge is -1.79. The standard InChI is InChI=1S/C5H5N.C4H11P/c1-2-4-6-5-3-1;1-2-3-4-5/h1-5H;2-5H2,1H3. The van der Waals surface area contributed by atoms with Crippen LogP contribution in [0.4, 0.5) is 0 Å². The number of rotatable bonds is 2. The van der Waals surface area contributed by atoms with Gasteiger partial charge in [0.25, 0.3) is 0 Å². The van der Waals surface area contributed by atoms with Gasteiger partial charge in [-0.25, -0.2) is 0 Å². The fourth-order valence-corrected chi connectivity index (χ4v) is 0.925. The van der Waals surface area contributed by atoms with Gasteiger partial charge >= 0.3 is 0 Å². The van der Waals surface area contributed by atoms with Crippen molar-refractivity contribution < 1.29 is 0 Å². The maximum atomic E-state index is 3.78. The van der Waals surface area contributed by atoms with E-state index in [1.54, 1.807) is 12.4 Å². The topological polar surface area (TPSA) is 12.9 Å². The number of pyridine rings is 1. The summed E-state index contributed by atoms with van der Waals surface area (Å²) in [5.74, 6) is 0. The fourth-order valence-electron chi connectivity index (χ4n) is 0.517. The predicted octanol–water partition coefficient (Wildman–Crippen LogP) is 2.74. The summed E-state index contributed by atoms with van der Waals surface area (Å²) < 4.78 is 0. The summed E-state index contributed by atoms with van der Waals surface area (Å²) in [6, 6.07) is 5.72. The molecule has 0 fully saturated rings. The highest BCUT2D eigenvalue weighted by Crippen LogP contribution is 1.89. The fraction of sp³-hybridized carbons (Fsp3) is 0.444. The molecule has 1 aromatic heterocycles. The number of aromatic nitrogens is 1. The Bertz CT molecular complexity index is 113. The summed E-state index contributed by atoms with van der Waals surface area (Å²) in [4.78, 5) is 3.78. The molecule has 62 valence electrons. The van der Waals surface area contributed by atoms with E-state index in [0.717, 1.165) is 0 Å². The summed E-state index contributed by atoms with van der Waals surface area (Å²) in [5.41, 5.74) is 0. The molecule has 1 unspecified atom stereocenters. The van der Waals surface area contributed by atoms with Crippen molar-refractivity contribution in [1.29, 1.82) is 0 Å². The number of nitrogens with zero attached hydrogens (tertiary/aromatic N) is 1. The summed E-state index contributed by atoms with van der Waals surface area (Å²) in [5, 5.41) is 0. The second-order valence-corrected chi connectivity index (χ2v) is 2.74. The van der Waals surface area contributed by atoms with Crippen LogP contribution in [0.2, 0.25) is 0 Å². The smallest absolute Gasteiger partial charge is 0.0267 e. The van der Waals surface area contributed by atoms with Crippen LogP contribution in [-0.4, -0.2) is 11.1 Å². The predicted molar refractivity (Wildman–Crippen MR) is 53.7 cm³/mol. The summed E-state index contributed by atoms with van der Waals surface area (Å²) >= 11 is 0. The molecule has 11 heavy (non-hydrogen) atoms. The van der Waals surface area contributed by atoms with Crippen LogP contribution in [0.1, 0.15) is 19.8 Å². The molecule has 2 heteroatoms. The van der Waals surface area contributed by atoms with E-state index in [2.05, 4.69) is 21.1 Å². The van der Waals surface area contributed by atoms with Crippen LogP contribution in [0, 0.1) is 0 Å². The first kappa shape index (κ1) is 10.6. The van der Waals surface area contributed by atoms with E-state index in [0.29, 0.717) is 0 Å². The third-order valence-corrected chi connectivity index (χ3v) is 1.53. The zero-order valence-electron chi connectivity index (χ0n) is 7.03. The van der Waals surface area contributed by atoms with Crippen molar-refractivity contribution in [2.45, 2.75) is 19.8 Å². The average molecular weight is 169 g/mol. The van der Waals surface area contributed by atoms with Gasteiger partial charge in [0.2, 0.25) is 0 Å². The van der Waals surface area contributed by atoms with Gasteiger partial charge in [0.15, 0.2) is 0 Å². The van der Waals surface area contributed by atoms with Gasteiger partial charge in [-0.1, -0.05) is 25.8 Å². The van der Waals surface area contributed by atoms with Gasteiger partial charge in [-0.3, -0.25) is 4.98 Å². The normalized spacial score (nSPS) is 8.18. The molecule has 1 nitrogen and oxygen atoms in total. The Balaban J connectivity index is 0.000000187. The summed E-state index contributed by atoms with van der Waals surface area (Å²) in [6.45, 7) is 2.20. The molecule has 1 aromatic rings. The van der Waals surface area contributed by atoms with E-state index in [1.165, 1.54) is 19.0 Å². The Morgan fingerprint density at radius 1 is 1.18 bits per heavy atom. The monoisotopic (exact) mass is 169 g/mol. The van der Waals surface area contributed by atoms with Crippen molar-refractivity contribution in [3.05, 3.63) is 30.6 Å². The largest absolute Gasteiger partial charge is 0.265 e. The van der Waals surface area contributed by atoms with Crippen LogP contribution in [0.15, 0.2) is 30.6 Å². The van der Waals surface area contributed by atoms with Crippen molar-refractivity contribution in [1.82, 2.24) is 4.98 Å². The van der Waals surface area contributed by atoms with Crippen LogP contribution in [-0.2, 0) is 0 Å². The molecule has 1 heterocycles. The Morgan fingerprint density at radius 2 is 1.82 bits per heavy atom. The average Bonchev–Trinajstić information content (AvgIpc) is 2.10. The Kier molecular flexibility index (Phi) is 9.21. The van der Waals surface area contributed by atoms with Crippen molar-refractivity contribution >= 4 is 9.24 Å². The van der Waals surface area contributed by atoms with Gasteiger partial charge in [-0.15, -0.1) is 9.24 Å². The highest BCUT2D eigenvalue weighted by atomic mass is 31.0. The maximum Gasteiger partial charge on any atom is 0.0267 e. The van der Waals surface area contributed by atoms with Gasteiger partial charge < -0.3 is 0 Å². The van der Waals surface area contributed by atoms with Crippen LogP contribution in [0.5, 0.6) is 0 Å². The van der Waals surface area contributed by atoms with Crippen molar-refractivity contribution in [2.24, 2.45) is 0 Å². The molecule has 0 saturated heterocycles. The van der Waals surface area contributed by atoms with Crippen molar-refractivity contribution in [3.63, 3.8) is 0 Å². The first-order valence-electron chi connectivity index (χ1n) is 3.97. The van der Waals surface area contributed by atoms with E-state index in [9.17, 15) is 0 Å². The van der Waals surface area contributed by atoms with Gasteiger partial charge in [-0.2, -0.15) is 0 Å². The van der Waals surface area contributed by atoms with E-state index >= 15 is 0 Å². The third kappa shape index (κ3) is 9.58. The molecule has 0 aromatic carbocycles. The molecule has 0 saturated carbocycles. The zero-order valence-corrected chi connectivity index (χ0v) is 8.19. The second-order valence-electron chi connectivity index (χ2n) is 2.17. The van der Waals surface area contributed by atoms with Crippen LogP contribution >= 0.6 is 9.24 Å². The van der Waals surface area contributed by atoms with Crippen molar-refractivity contribution in [3.8, 4) is 0 Å². The quantitative estimate of drug-likeness (QED) is 0.620. The van der Waals surface area contributed by atoms with Crippen LogP contribution in [0.3, 0.4) is 0 Å². The molecule has 0 amide bonds. The van der Waals surface area contributed by atoms with Gasteiger partial charge in [0.05, 0.1) is 0 Å². The minimum Gasteiger partial charge on any atom is -0.265 e. The lowest BCUT2D eigenvalue weighted by atomic mass is 10.4. The molecular weight excluding hydrogens is 153 g/mol. The van der Waals surface area contributed by atoms with E-state index in [1.807, 2.05) is 18.2 Å². The molecule has 0 spiro atoms. The number of hydrogen-bond donors (Lipinski definition) is 0. The van der Waals surface area contributed by atoms with Gasteiger partial charge in [-0.05, 0) is 18.3 Å². The Morgan fingerprint density at radius 3 is 1.91 bits per heavy atom. The first-order valence-corrected chi connectivity index (χ1v) is 4.78. The molecule has 0 radical (unpaired) electrons. The lowest BCUT2D eigenvalue weighted by molar-refractivity contribution is 0.897. The molecule has 0 bridgehead atoms. The number of hydrogen-bond acceptors (Lipinski definition) is 1. The molecular formula is C9H16NP. The minimum atomic E-state index is 1.26. The first-order chi connectivity index (χ1) is 5.41. The molecule has 0 aliphatic heterocycles. The minimum absolute atomic E-state index is 1.26. The Labute approximate surface area is 71.4 Å². The SMILES string of the molecule is CCCCP.c1ccncc1. The van der Waals surface area contributed by atoms with Gasteiger partial charge in [0, 0.05) is 12.4 Å². The Hall–Kier alpha value is -0.420.